The summed E-state index contributed by atoms with van der Waals surface area (Å²) >= 11 is 0. The average Bonchev–Trinajstić information content (AvgIpc) is 2.86. The minimum Gasteiger partial charge on any atom is -0.337 e. The van der Waals surface area contributed by atoms with Gasteiger partial charge in [-0.2, -0.15) is 0 Å². The summed E-state index contributed by atoms with van der Waals surface area (Å²) in [5.74, 6) is -0.0435. The van der Waals surface area contributed by atoms with Gasteiger partial charge in [-0.1, -0.05) is 19.1 Å². The van der Waals surface area contributed by atoms with E-state index in [-0.39, 0.29) is 5.91 Å². The summed E-state index contributed by atoms with van der Waals surface area (Å²) in [6, 6.07) is 0.315. The quantitative estimate of drug-likeness (QED) is 0.900. The Balaban J connectivity index is 1.97. The van der Waals surface area contributed by atoms with E-state index in [1.807, 2.05) is 11.9 Å². The molecule has 1 heterocycles. The molecule has 0 unspecified atom stereocenters. The van der Waals surface area contributed by atoms with Crippen molar-refractivity contribution in [1.82, 2.24) is 19.9 Å². The van der Waals surface area contributed by atoms with E-state index < -0.39 is 0 Å². The number of carbonyl (C=O) groups is 1. The summed E-state index contributed by atoms with van der Waals surface area (Å²) in [5.41, 5.74) is 6.28. The van der Waals surface area contributed by atoms with Gasteiger partial charge in [0.1, 0.15) is 0 Å². The number of rotatable bonds is 4. The largest absolute Gasteiger partial charge is 0.337 e. The molecule has 20 heavy (non-hydrogen) atoms. The molecular formula is C14H25N5O. The van der Waals surface area contributed by atoms with Crippen LogP contribution in [0.5, 0.6) is 0 Å². The highest BCUT2D eigenvalue weighted by Crippen LogP contribution is 2.36. The Morgan fingerprint density at radius 1 is 1.50 bits per heavy atom. The summed E-state index contributed by atoms with van der Waals surface area (Å²) in [6.45, 7) is 5.67. The lowest BCUT2D eigenvalue weighted by molar-refractivity contribution is 0.0629. The summed E-state index contributed by atoms with van der Waals surface area (Å²) < 4.78 is 1.62. The van der Waals surface area contributed by atoms with E-state index in [1.165, 1.54) is 0 Å². The normalized spacial score (nSPS) is 19.0. The van der Waals surface area contributed by atoms with Gasteiger partial charge in [0.05, 0.1) is 12.7 Å². The molecule has 0 radical (unpaired) electrons. The molecule has 2 rings (SSSR count). The molecule has 0 bridgehead atoms. The third kappa shape index (κ3) is 3.36. The lowest BCUT2D eigenvalue weighted by atomic mass is 9.75. The fraction of sp³-hybridized carbons (Fsp3) is 0.786. The zero-order chi connectivity index (χ0) is 14.8. The Bertz CT molecular complexity index is 458. The zero-order valence-corrected chi connectivity index (χ0v) is 12.7. The Kier molecular flexibility index (Phi) is 4.42. The molecular weight excluding hydrogens is 254 g/mol. The molecule has 0 atom stereocenters. The van der Waals surface area contributed by atoms with Crippen molar-refractivity contribution in [1.29, 1.82) is 0 Å². The summed E-state index contributed by atoms with van der Waals surface area (Å²) in [4.78, 5) is 14.2. The maximum absolute atomic E-state index is 12.4. The van der Waals surface area contributed by atoms with Crippen LogP contribution < -0.4 is 5.73 Å². The molecule has 1 aliphatic rings. The molecule has 1 aliphatic carbocycles. The second kappa shape index (κ2) is 5.91. The van der Waals surface area contributed by atoms with Gasteiger partial charge >= 0.3 is 0 Å². The molecule has 0 spiro atoms. The number of amides is 1. The third-order valence-electron chi connectivity index (χ3n) is 4.29. The number of hydrogen-bond donors (Lipinski definition) is 1. The molecule has 1 fully saturated rings. The molecule has 1 saturated carbocycles. The minimum atomic E-state index is -0.0435. The van der Waals surface area contributed by atoms with Crippen molar-refractivity contribution in [2.75, 3.05) is 13.6 Å². The van der Waals surface area contributed by atoms with Gasteiger partial charge in [-0.3, -0.25) is 9.48 Å². The first-order valence-corrected chi connectivity index (χ1v) is 7.30. The van der Waals surface area contributed by atoms with Crippen LogP contribution in [0.15, 0.2) is 6.20 Å². The monoisotopic (exact) mass is 279 g/mol. The van der Waals surface area contributed by atoms with Crippen LogP contribution in [0.1, 0.15) is 50.0 Å². The molecule has 0 saturated heterocycles. The molecule has 112 valence electrons. The van der Waals surface area contributed by atoms with Gasteiger partial charge in [-0.05, 0) is 31.1 Å². The Hall–Kier alpha value is -1.43. The average molecular weight is 279 g/mol. The zero-order valence-electron chi connectivity index (χ0n) is 12.7. The van der Waals surface area contributed by atoms with Crippen LogP contribution in [0.25, 0.3) is 0 Å². The minimum absolute atomic E-state index is 0.0435. The van der Waals surface area contributed by atoms with Crippen molar-refractivity contribution < 1.29 is 4.79 Å². The van der Waals surface area contributed by atoms with Gasteiger partial charge < -0.3 is 10.6 Å². The van der Waals surface area contributed by atoms with Gasteiger partial charge in [0.2, 0.25) is 0 Å². The van der Waals surface area contributed by atoms with Crippen LogP contribution in [0.3, 0.4) is 0 Å². The first kappa shape index (κ1) is 15.0. The van der Waals surface area contributed by atoms with E-state index >= 15 is 0 Å². The molecule has 2 N–H and O–H groups in total. The smallest absolute Gasteiger partial charge is 0.276 e. The van der Waals surface area contributed by atoms with Gasteiger partial charge in [0.15, 0.2) is 5.69 Å². The van der Waals surface area contributed by atoms with Gasteiger partial charge in [0, 0.05) is 19.6 Å². The molecule has 1 aromatic rings. The summed E-state index contributed by atoms with van der Waals surface area (Å²) in [6.07, 6.45) is 6.13. The summed E-state index contributed by atoms with van der Waals surface area (Å²) in [5, 5.41) is 7.86. The lowest BCUT2D eigenvalue weighted by Gasteiger charge is -2.38. The van der Waals surface area contributed by atoms with E-state index in [0.717, 1.165) is 25.7 Å². The Labute approximate surface area is 120 Å². The van der Waals surface area contributed by atoms with Crippen LogP contribution >= 0.6 is 0 Å². The van der Waals surface area contributed by atoms with E-state index in [4.69, 9.17) is 5.73 Å². The van der Waals surface area contributed by atoms with Crippen LogP contribution in [0, 0.1) is 5.41 Å². The molecule has 6 heteroatoms. The van der Waals surface area contributed by atoms with Crippen LogP contribution in [0.4, 0.5) is 0 Å². The molecule has 0 aromatic carbocycles. The van der Waals surface area contributed by atoms with Crippen LogP contribution in [0.2, 0.25) is 0 Å². The standard InChI is InChI=1S/C14H25N5O/c1-14(2)6-4-11(5-7-14)18(3)13(20)12-10-19(9-8-15)17-16-12/h10-11H,4-9,15H2,1-3H3. The maximum Gasteiger partial charge on any atom is 0.276 e. The highest BCUT2D eigenvalue weighted by molar-refractivity contribution is 5.91. The van der Waals surface area contributed by atoms with Crippen molar-refractivity contribution in [3.8, 4) is 0 Å². The first-order valence-electron chi connectivity index (χ1n) is 7.30. The fourth-order valence-corrected chi connectivity index (χ4v) is 2.76. The van der Waals surface area contributed by atoms with E-state index in [0.29, 0.717) is 30.2 Å². The van der Waals surface area contributed by atoms with Crippen molar-refractivity contribution in [2.45, 2.75) is 52.1 Å². The van der Waals surface area contributed by atoms with Crippen molar-refractivity contribution in [3.05, 3.63) is 11.9 Å². The number of aromatic nitrogens is 3. The SMILES string of the molecule is CN(C(=O)c1cn(CCN)nn1)C1CCC(C)(C)CC1. The third-order valence-corrected chi connectivity index (χ3v) is 4.29. The van der Waals surface area contributed by atoms with Crippen molar-refractivity contribution in [3.63, 3.8) is 0 Å². The predicted octanol–water partition coefficient (Wildman–Crippen LogP) is 1.28. The van der Waals surface area contributed by atoms with Crippen LogP contribution in [-0.4, -0.2) is 45.4 Å². The van der Waals surface area contributed by atoms with Crippen molar-refractivity contribution >= 4 is 5.91 Å². The number of nitrogens with zero attached hydrogens (tertiary/aromatic N) is 4. The van der Waals surface area contributed by atoms with Gasteiger partial charge in [0.25, 0.3) is 5.91 Å². The molecule has 1 amide bonds. The Morgan fingerprint density at radius 3 is 2.75 bits per heavy atom. The number of hydrogen-bond acceptors (Lipinski definition) is 4. The first-order chi connectivity index (χ1) is 9.43. The van der Waals surface area contributed by atoms with E-state index in [1.54, 1.807) is 10.9 Å². The second-order valence-electron chi connectivity index (χ2n) is 6.47. The van der Waals surface area contributed by atoms with E-state index in [9.17, 15) is 4.79 Å². The molecule has 6 nitrogen and oxygen atoms in total. The summed E-state index contributed by atoms with van der Waals surface area (Å²) in [7, 11) is 1.87. The highest BCUT2D eigenvalue weighted by atomic mass is 16.2. The van der Waals surface area contributed by atoms with Crippen molar-refractivity contribution in [2.24, 2.45) is 11.1 Å². The highest BCUT2D eigenvalue weighted by Gasteiger charge is 2.31. The second-order valence-corrected chi connectivity index (χ2v) is 6.47. The van der Waals surface area contributed by atoms with E-state index in [2.05, 4.69) is 24.2 Å². The predicted molar refractivity (Wildman–Crippen MR) is 77.2 cm³/mol. The number of nitrogens with two attached hydrogens (primary N) is 1. The van der Waals surface area contributed by atoms with Gasteiger partial charge in [-0.25, -0.2) is 0 Å². The van der Waals surface area contributed by atoms with Gasteiger partial charge in [-0.15, -0.1) is 5.10 Å². The molecule has 1 aromatic heterocycles. The number of carbonyl (C=O) groups excluding carboxylic acids is 1. The lowest BCUT2D eigenvalue weighted by Crippen LogP contribution is -2.41. The topological polar surface area (TPSA) is 77.0 Å². The maximum atomic E-state index is 12.4. The Morgan fingerprint density at radius 2 is 2.15 bits per heavy atom. The van der Waals surface area contributed by atoms with Crippen LogP contribution in [-0.2, 0) is 6.54 Å². The fourth-order valence-electron chi connectivity index (χ4n) is 2.76. The molecule has 0 aliphatic heterocycles.